The van der Waals surface area contributed by atoms with E-state index in [0.717, 1.165) is 42.7 Å². The predicted octanol–water partition coefficient (Wildman–Crippen LogP) is 5.68. The summed E-state index contributed by atoms with van der Waals surface area (Å²) in [6.07, 6.45) is 9.19. The van der Waals surface area contributed by atoms with Gasteiger partial charge in [0.2, 0.25) is 5.91 Å². The van der Waals surface area contributed by atoms with Crippen molar-refractivity contribution in [2.45, 2.75) is 84.2 Å². The topological polar surface area (TPSA) is 61.4 Å². The van der Waals surface area contributed by atoms with E-state index in [0.29, 0.717) is 23.3 Å². The Morgan fingerprint density at radius 3 is 2.48 bits per heavy atom. The SMILES string of the molecule is CC(NC(=O)Nc1ccccc1)[C@H]1CC[C@H]2[C@@H]3CCC4N(C)C(=O)CC[C@]4(C)[C@H]3CC[C@]12C. The van der Waals surface area contributed by atoms with Gasteiger partial charge in [0, 0.05) is 31.2 Å². The molecule has 1 heterocycles. The highest BCUT2D eigenvalue weighted by molar-refractivity contribution is 5.89. The maximum atomic E-state index is 12.7. The summed E-state index contributed by atoms with van der Waals surface area (Å²) in [5.41, 5.74) is 1.39. The number of nitrogens with one attached hydrogen (secondary N) is 2. The van der Waals surface area contributed by atoms with Gasteiger partial charge in [0.25, 0.3) is 0 Å². The van der Waals surface area contributed by atoms with E-state index in [2.05, 4.69) is 36.3 Å². The predicted molar refractivity (Wildman–Crippen MR) is 132 cm³/mol. The Kier molecular flexibility index (Phi) is 5.73. The maximum absolute atomic E-state index is 12.7. The van der Waals surface area contributed by atoms with Gasteiger partial charge in [-0.3, -0.25) is 4.79 Å². The molecule has 3 aliphatic carbocycles. The molecule has 4 fully saturated rings. The first-order valence-electron chi connectivity index (χ1n) is 13.1. The molecule has 1 aromatic rings. The quantitative estimate of drug-likeness (QED) is 0.621. The minimum atomic E-state index is -0.0997. The lowest BCUT2D eigenvalue weighted by Gasteiger charge is -2.62. The number of anilines is 1. The summed E-state index contributed by atoms with van der Waals surface area (Å²) < 4.78 is 0. The molecule has 180 valence electrons. The van der Waals surface area contributed by atoms with Crippen molar-refractivity contribution in [3.63, 3.8) is 0 Å². The van der Waals surface area contributed by atoms with E-state index in [1.807, 2.05) is 37.4 Å². The van der Waals surface area contributed by atoms with E-state index in [-0.39, 0.29) is 17.5 Å². The maximum Gasteiger partial charge on any atom is 0.319 e. The van der Waals surface area contributed by atoms with Gasteiger partial charge in [-0.05, 0) is 98.5 Å². The molecule has 2 unspecified atom stereocenters. The molecule has 3 saturated carbocycles. The summed E-state index contributed by atoms with van der Waals surface area (Å²) >= 11 is 0. The van der Waals surface area contributed by atoms with E-state index in [4.69, 9.17) is 0 Å². The summed E-state index contributed by atoms with van der Waals surface area (Å²) in [5, 5.41) is 6.26. The Morgan fingerprint density at radius 2 is 1.73 bits per heavy atom. The molecule has 1 saturated heterocycles. The fourth-order valence-corrected chi connectivity index (χ4v) is 9.01. The second kappa shape index (κ2) is 8.32. The number of carbonyl (C=O) groups is 2. The Balaban J connectivity index is 1.28. The first kappa shape index (κ1) is 22.7. The van der Waals surface area contributed by atoms with Crippen LogP contribution in [0.3, 0.4) is 0 Å². The lowest BCUT2D eigenvalue weighted by Crippen LogP contribution is -2.61. The van der Waals surface area contributed by atoms with E-state index >= 15 is 0 Å². The number of carbonyl (C=O) groups excluding carboxylic acids is 2. The minimum Gasteiger partial charge on any atom is -0.342 e. The van der Waals surface area contributed by atoms with Crippen molar-refractivity contribution in [1.29, 1.82) is 0 Å². The van der Waals surface area contributed by atoms with Crippen LogP contribution < -0.4 is 10.6 Å². The molecular weight excluding hydrogens is 410 g/mol. The van der Waals surface area contributed by atoms with E-state index in [1.54, 1.807) is 0 Å². The normalized spacial score (nSPS) is 40.9. The van der Waals surface area contributed by atoms with Gasteiger partial charge < -0.3 is 15.5 Å². The molecule has 5 nitrogen and oxygen atoms in total. The summed E-state index contributed by atoms with van der Waals surface area (Å²) in [5.74, 6) is 3.09. The number of fused-ring (bicyclic) bond motifs is 5. The molecule has 33 heavy (non-hydrogen) atoms. The molecule has 5 rings (SSSR count). The van der Waals surface area contributed by atoms with Crippen LogP contribution in [0.25, 0.3) is 0 Å². The molecule has 0 aromatic heterocycles. The number of benzene rings is 1. The van der Waals surface area contributed by atoms with E-state index in [9.17, 15) is 9.59 Å². The molecule has 8 atom stereocenters. The Hall–Kier alpha value is -2.04. The second-order valence-corrected chi connectivity index (χ2v) is 12.0. The van der Waals surface area contributed by atoms with Crippen molar-refractivity contribution in [1.82, 2.24) is 10.2 Å². The first-order valence-corrected chi connectivity index (χ1v) is 13.1. The van der Waals surface area contributed by atoms with Gasteiger partial charge in [0.05, 0.1) is 0 Å². The Bertz CT molecular complexity index is 904. The van der Waals surface area contributed by atoms with Crippen molar-refractivity contribution < 1.29 is 9.59 Å². The molecule has 2 N–H and O–H groups in total. The van der Waals surface area contributed by atoms with Crippen LogP contribution in [0.15, 0.2) is 30.3 Å². The number of piperidine rings is 1. The minimum absolute atomic E-state index is 0.0997. The zero-order chi connectivity index (χ0) is 23.4. The van der Waals surface area contributed by atoms with E-state index < -0.39 is 0 Å². The van der Waals surface area contributed by atoms with Crippen LogP contribution in [0.2, 0.25) is 0 Å². The highest BCUT2D eigenvalue weighted by atomic mass is 16.2. The van der Waals surface area contributed by atoms with Gasteiger partial charge in [-0.1, -0.05) is 32.0 Å². The largest absolute Gasteiger partial charge is 0.342 e. The van der Waals surface area contributed by atoms with Crippen LogP contribution >= 0.6 is 0 Å². The zero-order valence-corrected chi connectivity index (χ0v) is 20.8. The third-order valence-electron chi connectivity index (χ3n) is 10.6. The number of likely N-dealkylation sites (tertiary alicyclic amines) is 1. The smallest absolute Gasteiger partial charge is 0.319 e. The molecular formula is C28H41N3O2. The summed E-state index contributed by atoms with van der Waals surface area (Å²) in [4.78, 5) is 27.2. The second-order valence-electron chi connectivity index (χ2n) is 12.0. The highest BCUT2D eigenvalue weighted by Gasteiger charge is 2.61. The van der Waals surface area contributed by atoms with Crippen LogP contribution in [0.5, 0.6) is 0 Å². The van der Waals surface area contributed by atoms with Gasteiger partial charge in [0.15, 0.2) is 0 Å². The molecule has 1 aliphatic heterocycles. The molecule has 1 aromatic carbocycles. The molecule has 4 aliphatic rings. The number of amides is 3. The third kappa shape index (κ3) is 3.66. The third-order valence-corrected chi connectivity index (χ3v) is 10.6. The van der Waals surface area contributed by atoms with Crippen LogP contribution in [0.1, 0.15) is 72.1 Å². The van der Waals surface area contributed by atoms with Crippen molar-refractivity contribution in [3.05, 3.63) is 30.3 Å². The van der Waals surface area contributed by atoms with Gasteiger partial charge >= 0.3 is 6.03 Å². The summed E-state index contributed by atoms with van der Waals surface area (Å²) in [6, 6.07) is 10.2. The van der Waals surface area contributed by atoms with Gasteiger partial charge in [-0.15, -0.1) is 0 Å². The fourth-order valence-electron chi connectivity index (χ4n) is 9.01. The standard InChI is InChI=1S/C28H41N3O2/c1-18(29-26(33)30-19-8-6-5-7-9-19)21-11-12-22-20-10-13-24-28(3,17-15-25(32)31(24)4)23(20)14-16-27(21,22)2/h5-9,18,20-24H,10-17H2,1-4H3,(H2,29,30,33)/t18?,20-,21+,22-,23-,24?,27+,28+/m0/s1. The summed E-state index contributed by atoms with van der Waals surface area (Å²) in [7, 11) is 2.04. The van der Waals surface area contributed by atoms with Crippen molar-refractivity contribution >= 4 is 17.6 Å². The molecule has 0 spiro atoms. The number of rotatable bonds is 3. The van der Waals surface area contributed by atoms with Gasteiger partial charge in [-0.2, -0.15) is 0 Å². The van der Waals surface area contributed by atoms with Crippen LogP contribution in [0.4, 0.5) is 10.5 Å². The summed E-state index contributed by atoms with van der Waals surface area (Å²) in [6.45, 7) is 7.21. The molecule has 3 amide bonds. The molecule has 0 bridgehead atoms. The van der Waals surface area contributed by atoms with Crippen LogP contribution in [0, 0.1) is 34.5 Å². The highest BCUT2D eigenvalue weighted by Crippen LogP contribution is 2.66. The van der Waals surface area contributed by atoms with Crippen molar-refractivity contribution in [3.8, 4) is 0 Å². The number of nitrogens with zero attached hydrogens (tertiary/aromatic N) is 1. The fraction of sp³-hybridized carbons (Fsp3) is 0.714. The number of urea groups is 1. The first-order chi connectivity index (χ1) is 15.7. The Labute approximate surface area is 199 Å². The van der Waals surface area contributed by atoms with Crippen molar-refractivity contribution in [2.75, 3.05) is 12.4 Å². The zero-order valence-electron chi connectivity index (χ0n) is 20.8. The van der Waals surface area contributed by atoms with Crippen LogP contribution in [-0.2, 0) is 4.79 Å². The van der Waals surface area contributed by atoms with Gasteiger partial charge in [-0.25, -0.2) is 4.79 Å². The molecule has 0 radical (unpaired) electrons. The van der Waals surface area contributed by atoms with Crippen LogP contribution in [-0.4, -0.2) is 36.0 Å². The number of para-hydroxylation sites is 1. The average Bonchev–Trinajstić information content (AvgIpc) is 3.14. The number of hydrogen-bond donors (Lipinski definition) is 2. The van der Waals surface area contributed by atoms with E-state index in [1.165, 1.54) is 32.1 Å². The molecule has 5 heteroatoms. The monoisotopic (exact) mass is 451 g/mol. The lowest BCUT2D eigenvalue weighted by atomic mass is 9.46. The van der Waals surface area contributed by atoms with Gasteiger partial charge in [0.1, 0.15) is 0 Å². The Morgan fingerprint density at radius 1 is 1.00 bits per heavy atom. The number of hydrogen-bond acceptors (Lipinski definition) is 2. The lowest BCUT2D eigenvalue weighted by molar-refractivity contribution is -0.158. The van der Waals surface area contributed by atoms with Crippen molar-refractivity contribution in [2.24, 2.45) is 34.5 Å². The average molecular weight is 452 g/mol.